The number of nitrogens with zero attached hydrogens (tertiary/aromatic N) is 2. The van der Waals surface area contributed by atoms with Crippen LogP contribution in [-0.4, -0.2) is 23.0 Å². The van der Waals surface area contributed by atoms with Gasteiger partial charge in [0.25, 0.3) is 0 Å². The zero-order chi connectivity index (χ0) is 24.8. The average molecular weight is 471 g/mol. The molecule has 6 heteroatoms. The molecule has 0 aliphatic rings. The van der Waals surface area contributed by atoms with Crippen LogP contribution in [0.1, 0.15) is 43.3 Å². The molecule has 0 saturated carbocycles. The van der Waals surface area contributed by atoms with E-state index in [9.17, 15) is 4.79 Å². The summed E-state index contributed by atoms with van der Waals surface area (Å²) in [7, 11) is 1.36. The van der Waals surface area contributed by atoms with Gasteiger partial charge in [0.2, 0.25) is 5.89 Å². The normalized spacial score (nSPS) is 12.8. The van der Waals surface area contributed by atoms with Crippen molar-refractivity contribution in [2.45, 2.75) is 39.2 Å². The third kappa shape index (κ3) is 5.43. The highest BCUT2D eigenvalue weighted by Crippen LogP contribution is 2.40. The van der Waals surface area contributed by atoms with Crippen molar-refractivity contribution in [3.05, 3.63) is 102 Å². The van der Waals surface area contributed by atoms with Crippen LogP contribution >= 0.6 is 0 Å². The Balaban J connectivity index is 1.52. The summed E-state index contributed by atoms with van der Waals surface area (Å²) in [6.07, 6.45) is 3.35. The molecular weight excluding hydrogens is 440 g/mol. The van der Waals surface area contributed by atoms with Crippen molar-refractivity contribution in [2.24, 2.45) is 5.92 Å². The minimum absolute atomic E-state index is 0.0884. The molecule has 6 nitrogen and oxygen atoms in total. The van der Waals surface area contributed by atoms with Crippen molar-refractivity contribution in [3.63, 3.8) is 0 Å². The van der Waals surface area contributed by atoms with E-state index in [4.69, 9.17) is 13.9 Å². The molecule has 2 aromatic heterocycles. The van der Waals surface area contributed by atoms with E-state index in [0.717, 1.165) is 17.0 Å². The third-order valence-corrected chi connectivity index (χ3v) is 6.56. The topological polar surface area (TPSA) is 74.5 Å². The monoisotopic (exact) mass is 470 g/mol. The predicted molar refractivity (Wildman–Crippen MR) is 134 cm³/mol. The Morgan fingerprint density at radius 3 is 2.26 bits per heavy atom. The molecule has 0 aliphatic heterocycles. The molecule has 0 saturated heterocycles. The van der Waals surface area contributed by atoms with E-state index >= 15 is 0 Å². The first-order valence-electron chi connectivity index (χ1n) is 11.7. The third-order valence-electron chi connectivity index (χ3n) is 6.56. The summed E-state index contributed by atoms with van der Waals surface area (Å²) in [5.74, 6) is 1.30. The highest BCUT2D eigenvalue weighted by molar-refractivity contribution is 5.72. The lowest BCUT2D eigenvalue weighted by molar-refractivity contribution is -0.139. The number of esters is 1. The van der Waals surface area contributed by atoms with E-state index in [1.165, 1.54) is 24.5 Å². The number of methoxy groups -OCH3 is 1. The van der Waals surface area contributed by atoms with E-state index < -0.39 is 0 Å². The van der Waals surface area contributed by atoms with Gasteiger partial charge in [-0.15, -0.1) is 0 Å². The lowest BCUT2D eigenvalue weighted by Crippen LogP contribution is -2.30. The molecule has 0 N–H and O–H groups in total. The average Bonchev–Trinajstić information content (AvgIpc) is 3.36. The van der Waals surface area contributed by atoms with Gasteiger partial charge in [0.05, 0.1) is 24.9 Å². The van der Waals surface area contributed by atoms with Crippen LogP contribution < -0.4 is 4.74 Å². The lowest BCUT2D eigenvalue weighted by Gasteiger charge is -2.35. The van der Waals surface area contributed by atoms with Crippen molar-refractivity contribution in [3.8, 4) is 17.2 Å². The number of rotatable bonds is 9. The van der Waals surface area contributed by atoms with Crippen LogP contribution in [0.25, 0.3) is 11.5 Å². The minimum atomic E-state index is -0.346. The first-order chi connectivity index (χ1) is 16.9. The van der Waals surface area contributed by atoms with Crippen molar-refractivity contribution >= 4 is 5.97 Å². The number of benzene rings is 2. The number of pyridine rings is 1. The van der Waals surface area contributed by atoms with Crippen LogP contribution in [0.4, 0.5) is 0 Å². The Morgan fingerprint density at radius 1 is 0.971 bits per heavy atom. The SMILES string of the molecule is COC(=O)Cc1coc(-c2ccc(C(C)(c3ccc(OCc4ccccn4)cc3)C(C)C)cc2)n1. The van der Waals surface area contributed by atoms with Crippen LogP contribution in [0.5, 0.6) is 5.75 Å². The largest absolute Gasteiger partial charge is 0.487 e. The van der Waals surface area contributed by atoms with Gasteiger partial charge in [-0.3, -0.25) is 9.78 Å². The van der Waals surface area contributed by atoms with Gasteiger partial charge < -0.3 is 13.9 Å². The smallest absolute Gasteiger partial charge is 0.311 e. The summed E-state index contributed by atoms with van der Waals surface area (Å²) in [6.45, 7) is 7.15. The first-order valence-corrected chi connectivity index (χ1v) is 11.7. The van der Waals surface area contributed by atoms with Crippen molar-refractivity contribution in [1.82, 2.24) is 9.97 Å². The van der Waals surface area contributed by atoms with E-state index in [1.54, 1.807) is 6.20 Å². The Kier molecular flexibility index (Phi) is 7.30. The molecule has 2 heterocycles. The van der Waals surface area contributed by atoms with Crippen molar-refractivity contribution in [2.75, 3.05) is 7.11 Å². The van der Waals surface area contributed by atoms with Gasteiger partial charge in [0, 0.05) is 17.2 Å². The van der Waals surface area contributed by atoms with Crippen molar-refractivity contribution < 1.29 is 18.7 Å². The zero-order valence-corrected chi connectivity index (χ0v) is 20.5. The Morgan fingerprint density at radius 2 is 1.66 bits per heavy atom. The molecule has 1 unspecified atom stereocenters. The van der Waals surface area contributed by atoms with Gasteiger partial charge in [-0.2, -0.15) is 0 Å². The molecule has 0 fully saturated rings. The fourth-order valence-electron chi connectivity index (χ4n) is 4.07. The highest BCUT2D eigenvalue weighted by atomic mass is 16.5. The maximum absolute atomic E-state index is 11.5. The second-order valence-corrected chi connectivity index (χ2v) is 8.97. The lowest BCUT2D eigenvalue weighted by atomic mass is 9.68. The van der Waals surface area contributed by atoms with Gasteiger partial charge >= 0.3 is 5.97 Å². The molecular formula is C29H30N2O4. The standard InChI is InChI=1S/C29H30N2O4/c1-20(2)29(3,23-12-14-26(15-13-23)34-18-24-7-5-6-16-30-24)22-10-8-21(9-11-22)28-31-25(19-35-28)17-27(32)33-4/h5-16,19-20H,17-18H2,1-4H3. The van der Waals surface area contributed by atoms with E-state index in [0.29, 0.717) is 24.1 Å². The van der Waals surface area contributed by atoms with E-state index in [1.807, 2.05) is 42.5 Å². The number of aromatic nitrogens is 2. The Hall–Kier alpha value is -3.93. The molecule has 0 aliphatic carbocycles. The van der Waals surface area contributed by atoms with Gasteiger partial charge in [-0.05, 0) is 53.4 Å². The summed E-state index contributed by atoms with van der Waals surface area (Å²) in [6, 6.07) is 22.3. The number of oxazole rings is 1. The van der Waals surface area contributed by atoms with Gasteiger partial charge in [0.1, 0.15) is 18.6 Å². The maximum atomic E-state index is 11.5. The molecule has 0 spiro atoms. The van der Waals surface area contributed by atoms with E-state index in [2.05, 4.69) is 55.0 Å². The van der Waals surface area contributed by atoms with Gasteiger partial charge in [-0.1, -0.05) is 51.1 Å². The van der Waals surface area contributed by atoms with Gasteiger partial charge in [-0.25, -0.2) is 4.98 Å². The van der Waals surface area contributed by atoms with Crippen molar-refractivity contribution in [1.29, 1.82) is 0 Å². The van der Waals surface area contributed by atoms with Crippen LogP contribution in [0, 0.1) is 5.92 Å². The summed E-state index contributed by atoms with van der Waals surface area (Å²) in [5, 5.41) is 0. The number of hydrogen-bond acceptors (Lipinski definition) is 6. The molecule has 1 atom stereocenters. The number of ether oxygens (including phenoxy) is 2. The number of hydrogen-bond donors (Lipinski definition) is 0. The second kappa shape index (κ2) is 10.6. The van der Waals surface area contributed by atoms with Gasteiger partial charge in [0.15, 0.2) is 0 Å². The Labute approximate surface area is 206 Å². The molecule has 35 heavy (non-hydrogen) atoms. The van der Waals surface area contributed by atoms with Crippen LogP contribution in [0.15, 0.2) is 83.6 Å². The number of carbonyl (C=O) groups excluding carboxylic acids is 1. The fourth-order valence-corrected chi connectivity index (χ4v) is 4.07. The highest BCUT2D eigenvalue weighted by Gasteiger charge is 2.32. The molecule has 0 bridgehead atoms. The molecule has 180 valence electrons. The second-order valence-electron chi connectivity index (χ2n) is 8.97. The summed E-state index contributed by atoms with van der Waals surface area (Å²) in [5.41, 5.74) is 4.50. The predicted octanol–water partition coefficient (Wildman–Crippen LogP) is 5.99. The fraction of sp³-hybridized carbons (Fsp3) is 0.276. The molecule has 0 amide bonds. The van der Waals surface area contributed by atoms with Crippen LogP contribution in [0.2, 0.25) is 0 Å². The molecule has 0 radical (unpaired) electrons. The zero-order valence-electron chi connectivity index (χ0n) is 20.5. The number of carbonyl (C=O) groups is 1. The van der Waals surface area contributed by atoms with E-state index in [-0.39, 0.29) is 17.8 Å². The minimum Gasteiger partial charge on any atom is -0.487 e. The maximum Gasteiger partial charge on any atom is 0.311 e. The van der Waals surface area contributed by atoms with Crippen LogP contribution in [0.3, 0.4) is 0 Å². The molecule has 4 aromatic rings. The first kappa shape index (κ1) is 24.2. The molecule has 2 aromatic carbocycles. The van der Waals surface area contributed by atoms with Crippen LogP contribution in [-0.2, 0) is 28.0 Å². The summed E-state index contributed by atoms with van der Waals surface area (Å²) in [4.78, 5) is 20.2. The quantitative estimate of drug-likeness (QED) is 0.280. The Bertz CT molecular complexity index is 1250. The summed E-state index contributed by atoms with van der Waals surface area (Å²) < 4.78 is 16.2. The molecule has 4 rings (SSSR count). The summed E-state index contributed by atoms with van der Waals surface area (Å²) >= 11 is 0.